The van der Waals surface area contributed by atoms with Crippen molar-refractivity contribution in [1.29, 1.82) is 0 Å². The van der Waals surface area contributed by atoms with Gasteiger partial charge in [-0.05, 0) is 114 Å². The summed E-state index contributed by atoms with van der Waals surface area (Å²) in [6.45, 7) is 0. The third kappa shape index (κ3) is 6.47. The Balaban J connectivity index is 0.909. The van der Waals surface area contributed by atoms with Crippen LogP contribution in [0.3, 0.4) is 0 Å². The lowest BCUT2D eigenvalue weighted by Crippen LogP contribution is -2.30. The highest BCUT2D eigenvalue weighted by Crippen LogP contribution is 2.56. The van der Waals surface area contributed by atoms with Crippen LogP contribution < -0.4 is 19.3 Å². The average molecular weight is 831 g/mol. The zero-order chi connectivity index (χ0) is 42.6. The van der Waals surface area contributed by atoms with Crippen LogP contribution in [0.1, 0.15) is 17.5 Å². The van der Waals surface area contributed by atoms with Crippen molar-refractivity contribution in [2.45, 2.75) is 12.5 Å². The number of anilines is 4. The Hall–Kier alpha value is -8.35. The third-order valence-corrected chi connectivity index (χ3v) is 12.4. The Bertz CT molecular complexity index is 3350. The molecule has 5 nitrogen and oxygen atoms in total. The first kappa shape index (κ1) is 37.4. The Kier molecular flexibility index (Phi) is 9.08. The van der Waals surface area contributed by atoms with E-state index in [2.05, 4.69) is 131 Å². The second kappa shape index (κ2) is 15.5. The van der Waals surface area contributed by atoms with E-state index >= 15 is 4.39 Å². The van der Waals surface area contributed by atoms with E-state index in [4.69, 9.17) is 13.9 Å². The third-order valence-electron chi connectivity index (χ3n) is 12.4. The maximum atomic E-state index is 15.5. The summed E-state index contributed by atoms with van der Waals surface area (Å²) in [7, 11) is 0. The van der Waals surface area contributed by atoms with Crippen LogP contribution in [-0.4, -0.2) is 6.04 Å². The number of furan rings is 1. The van der Waals surface area contributed by atoms with Crippen molar-refractivity contribution in [2.24, 2.45) is 0 Å². The van der Waals surface area contributed by atoms with E-state index in [0.717, 1.165) is 101 Å². The van der Waals surface area contributed by atoms with Gasteiger partial charge >= 0.3 is 0 Å². The van der Waals surface area contributed by atoms with Gasteiger partial charge in [0.15, 0.2) is 0 Å². The maximum absolute atomic E-state index is 15.5. The molecule has 0 fully saturated rings. The minimum absolute atomic E-state index is 0.167. The number of para-hydroxylation sites is 3. The molecule has 6 heteroatoms. The summed E-state index contributed by atoms with van der Waals surface area (Å²) in [6, 6.07) is 59.7. The highest BCUT2D eigenvalue weighted by atomic mass is 19.1. The lowest BCUT2D eigenvalue weighted by molar-refractivity contribution is 0.480. The van der Waals surface area contributed by atoms with Gasteiger partial charge < -0.3 is 23.7 Å². The molecule has 1 atom stereocenters. The van der Waals surface area contributed by atoms with Gasteiger partial charge in [-0.15, -0.1) is 0 Å². The van der Waals surface area contributed by atoms with Crippen LogP contribution in [0, 0.1) is 0 Å². The molecule has 0 amide bonds. The molecule has 3 aliphatic rings. The molecule has 1 aliphatic carbocycles. The van der Waals surface area contributed by atoms with Gasteiger partial charge in [0.25, 0.3) is 0 Å². The Morgan fingerprint density at radius 1 is 0.531 bits per heavy atom. The summed E-state index contributed by atoms with van der Waals surface area (Å²) in [6.07, 6.45) is 14.1. The normalized spacial score (nSPS) is 14.7. The van der Waals surface area contributed by atoms with Crippen LogP contribution in [0.2, 0.25) is 0 Å². The Morgan fingerprint density at radius 3 is 1.78 bits per heavy atom. The smallest absolute Gasteiger partial charge is 0.137 e. The van der Waals surface area contributed by atoms with Crippen LogP contribution in [0.5, 0.6) is 23.0 Å². The molecule has 1 aromatic heterocycles. The molecule has 0 bridgehead atoms. The van der Waals surface area contributed by atoms with Gasteiger partial charge in [-0.3, -0.25) is 0 Å². The largest absolute Gasteiger partial charge is 0.464 e. The number of allylic oxidation sites excluding steroid dienone is 4. The lowest BCUT2D eigenvalue weighted by Gasteiger charge is -2.32. The van der Waals surface area contributed by atoms with Crippen LogP contribution in [-0.2, 0) is 0 Å². The fourth-order valence-corrected chi connectivity index (χ4v) is 9.36. The maximum Gasteiger partial charge on any atom is 0.137 e. The van der Waals surface area contributed by atoms with Crippen LogP contribution in [0.15, 0.2) is 223 Å². The first-order valence-corrected chi connectivity index (χ1v) is 21.5. The molecular formula is C58H39FN2O3. The molecule has 2 aliphatic heterocycles. The molecule has 0 spiro atoms. The minimum atomic E-state index is -0.211. The van der Waals surface area contributed by atoms with Gasteiger partial charge in [0.1, 0.15) is 34.4 Å². The summed E-state index contributed by atoms with van der Waals surface area (Å²) in [4.78, 5) is 4.44. The van der Waals surface area contributed by atoms with E-state index in [0.29, 0.717) is 12.0 Å². The van der Waals surface area contributed by atoms with Crippen molar-refractivity contribution < 1.29 is 18.3 Å². The molecular weight excluding hydrogens is 792 g/mol. The van der Waals surface area contributed by atoms with Gasteiger partial charge in [0.2, 0.25) is 0 Å². The zero-order valence-electron chi connectivity index (χ0n) is 34.6. The Morgan fingerprint density at radius 2 is 1.11 bits per heavy atom. The van der Waals surface area contributed by atoms with Gasteiger partial charge in [0.05, 0.1) is 12.3 Å². The molecule has 306 valence electrons. The summed E-state index contributed by atoms with van der Waals surface area (Å²) >= 11 is 0. The van der Waals surface area contributed by atoms with Crippen LogP contribution in [0.4, 0.5) is 27.1 Å². The number of fused-ring (bicyclic) bond motifs is 5. The van der Waals surface area contributed by atoms with E-state index in [9.17, 15) is 0 Å². The van der Waals surface area contributed by atoms with E-state index in [1.807, 2.05) is 85.0 Å². The average Bonchev–Trinajstić information content (AvgIpc) is 3.76. The number of hydrogen-bond acceptors (Lipinski definition) is 5. The SMILES string of the molecule is FC1=CCC(N(/C=C/C=C\c2coc3ccccc23)c2ccc3c(c2)Oc2ccc4c5c(ccc-3c25)Oc2cc(N(c3ccccc3)c3ccccc3)ccc2-4)C=C1c1ccccc1. The molecule has 3 heterocycles. The van der Waals surface area contributed by atoms with Crippen molar-refractivity contribution in [1.82, 2.24) is 0 Å². The highest BCUT2D eigenvalue weighted by molar-refractivity contribution is 6.14. The summed E-state index contributed by atoms with van der Waals surface area (Å²) in [5.41, 5.74) is 11.5. The fourth-order valence-electron chi connectivity index (χ4n) is 9.36. The van der Waals surface area contributed by atoms with E-state index in [1.54, 1.807) is 12.3 Å². The minimum Gasteiger partial charge on any atom is -0.464 e. The summed E-state index contributed by atoms with van der Waals surface area (Å²) < 4.78 is 34.9. The van der Waals surface area contributed by atoms with E-state index < -0.39 is 0 Å². The number of rotatable bonds is 9. The monoisotopic (exact) mass is 830 g/mol. The van der Waals surface area contributed by atoms with Gasteiger partial charge in [-0.2, -0.15) is 0 Å². The Labute approximate surface area is 370 Å². The molecule has 1 unspecified atom stereocenters. The standard InChI is InChI=1S/C58H39FN2O3/c59-51-30-25-42(34-50(51)38-14-4-1-5-15-38)60(33-13-12-16-39-37-62-52-22-11-10-21-45(39)52)43-23-26-46-48-28-32-54-58-49(29-31-53(57(48)58)63-55(46)35-43)47-27-24-44(36-56(47)64-54)61(40-17-6-2-7-18-40)41-19-8-3-9-20-41/h1-24,26-37,42H,25H2/b16-12-,33-13+. The number of benzene rings is 8. The number of hydrogen-bond donors (Lipinski definition) is 0. The van der Waals surface area contributed by atoms with Crippen molar-refractivity contribution in [3.8, 4) is 45.3 Å². The topological polar surface area (TPSA) is 38.1 Å². The van der Waals surface area contributed by atoms with Crippen LogP contribution in [0.25, 0.3) is 55.6 Å². The molecule has 8 aromatic carbocycles. The molecule has 0 saturated heterocycles. The molecule has 0 N–H and O–H groups in total. The predicted octanol–water partition coefficient (Wildman–Crippen LogP) is 16.3. The van der Waals surface area contributed by atoms with E-state index in [-0.39, 0.29) is 11.9 Å². The quantitative estimate of drug-likeness (QED) is 0.136. The second-order valence-electron chi connectivity index (χ2n) is 16.1. The van der Waals surface area contributed by atoms with E-state index in [1.165, 1.54) is 0 Å². The highest BCUT2D eigenvalue weighted by Gasteiger charge is 2.30. The van der Waals surface area contributed by atoms with Crippen molar-refractivity contribution in [2.75, 3.05) is 9.80 Å². The lowest BCUT2D eigenvalue weighted by atomic mass is 9.88. The van der Waals surface area contributed by atoms with Crippen molar-refractivity contribution in [3.05, 3.63) is 230 Å². The predicted molar refractivity (Wildman–Crippen MR) is 259 cm³/mol. The second-order valence-corrected chi connectivity index (χ2v) is 16.1. The van der Waals surface area contributed by atoms with Gasteiger partial charge in [0, 0.05) is 79.5 Å². The van der Waals surface area contributed by atoms with Crippen molar-refractivity contribution in [3.63, 3.8) is 0 Å². The first-order chi connectivity index (χ1) is 31.6. The zero-order valence-corrected chi connectivity index (χ0v) is 34.6. The molecule has 64 heavy (non-hydrogen) atoms. The fraction of sp³-hybridized carbons (Fsp3) is 0.0345. The summed E-state index contributed by atoms with van der Waals surface area (Å²) in [5.74, 6) is 2.91. The van der Waals surface area contributed by atoms with Crippen LogP contribution >= 0.6 is 0 Å². The molecule has 0 saturated carbocycles. The van der Waals surface area contributed by atoms with Crippen molar-refractivity contribution >= 4 is 56.1 Å². The first-order valence-electron chi connectivity index (χ1n) is 21.5. The number of nitrogens with zero attached hydrogens (tertiary/aromatic N) is 2. The molecule has 9 aromatic rings. The number of ether oxygens (including phenoxy) is 2. The summed E-state index contributed by atoms with van der Waals surface area (Å²) in [5, 5.41) is 3.11. The number of halogens is 1. The molecule has 12 rings (SSSR count). The molecule has 0 radical (unpaired) electrons. The van der Waals surface area contributed by atoms with Gasteiger partial charge in [-0.25, -0.2) is 4.39 Å². The van der Waals surface area contributed by atoms with Gasteiger partial charge in [-0.1, -0.05) is 103 Å².